The van der Waals surface area contributed by atoms with Gasteiger partial charge in [-0.1, -0.05) is 42.3 Å². The highest BCUT2D eigenvalue weighted by Crippen LogP contribution is 2.53. The predicted molar refractivity (Wildman–Crippen MR) is 121 cm³/mol. The molecule has 2 aromatic carbocycles. The lowest BCUT2D eigenvalue weighted by molar-refractivity contribution is -0.259. The minimum atomic E-state index is -4.28. The predicted octanol–water partition coefficient (Wildman–Crippen LogP) is 3.56. The summed E-state index contributed by atoms with van der Waals surface area (Å²) in [4.78, 5) is 0. The highest BCUT2D eigenvalue weighted by molar-refractivity contribution is 6.31. The van der Waals surface area contributed by atoms with E-state index in [9.17, 15) is 33.6 Å². The number of benzene rings is 2. The molecule has 0 amide bonds. The smallest absolute Gasteiger partial charge is 0.397 e. The zero-order chi connectivity index (χ0) is 25.4. The Kier molecular flexibility index (Phi) is 7.66. The van der Waals surface area contributed by atoms with E-state index in [0.717, 1.165) is 5.56 Å². The average molecular weight is 517 g/mol. The molecule has 0 spiro atoms. The first-order valence-electron chi connectivity index (χ1n) is 11.4. The third-order valence-electron chi connectivity index (χ3n) is 7.04. The van der Waals surface area contributed by atoms with Crippen molar-refractivity contribution in [1.82, 2.24) is 0 Å². The minimum Gasteiger partial charge on any atom is -0.493 e. The topological polar surface area (TPSA) is 99.4 Å². The number of aliphatic hydroxyl groups excluding tert-OH is 4. The van der Waals surface area contributed by atoms with E-state index >= 15 is 0 Å². The van der Waals surface area contributed by atoms with Crippen LogP contribution in [0.4, 0.5) is 13.2 Å². The Bertz CT molecular complexity index is 1010. The molecule has 4 N–H and O–H groups in total. The zero-order valence-electron chi connectivity index (χ0n) is 18.8. The Balaban J connectivity index is 1.44. The molecule has 6 nitrogen and oxygen atoms in total. The maximum Gasteiger partial charge on any atom is 0.397 e. The molecular formula is C25H28ClF3O6. The van der Waals surface area contributed by atoms with Crippen molar-refractivity contribution in [2.24, 2.45) is 5.41 Å². The quantitative estimate of drug-likeness (QED) is 0.449. The van der Waals surface area contributed by atoms with Gasteiger partial charge in [-0.3, -0.25) is 0 Å². The number of ether oxygens (including phenoxy) is 2. The molecule has 35 heavy (non-hydrogen) atoms. The van der Waals surface area contributed by atoms with Crippen LogP contribution < -0.4 is 4.74 Å². The van der Waals surface area contributed by atoms with Crippen LogP contribution in [-0.2, 0) is 11.2 Å². The van der Waals surface area contributed by atoms with E-state index in [4.69, 9.17) is 21.1 Å². The standard InChI is InChI=1S/C25H28ClF3O6/c26-18-7-4-15(23-22(33)21(32)20(31)19(12-30)35-23)11-16(18)10-14-2-5-17(6-3-14)34-13-24(8-1-9-24)25(27,28)29/h2-7,11,19-23,30-33H,1,8-10,12-13H2/t19-,20-,21+,22-,23+/m1/s1. The van der Waals surface area contributed by atoms with Crippen molar-refractivity contribution in [1.29, 1.82) is 0 Å². The number of halogens is 4. The Morgan fingerprint density at radius 3 is 2.26 bits per heavy atom. The second kappa shape index (κ2) is 10.2. The summed E-state index contributed by atoms with van der Waals surface area (Å²) in [6.07, 6.45) is -9.55. The SMILES string of the molecule is OC[C@H]1O[C@@H](c2ccc(Cl)c(Cc3ccc(OCC4(C(F)(F)F)CCC4)cc3)c2)[C@H](O)[C@@H](O)[C@@H]1O. The van der Waals surface area contributed by atoms with Gasteiger partial charge in [0.25, 0.3) is 0 Å². The van der Waals surface area contributed by atoms with Gasteiger partial charge in [0.05, 0.1) is 12.0 Å². The fraction of sp³-hybridized carbons (Fsp3) is 0.520. The van der Waals surface area contributed by atoms with Crippen molar-refractivity contribution in [2.75, 3.05) is 13.2 Å². The van der Waals surface area contributed by atoms with Crippen LogP contribution in [0.3, 0.4) is 0 Å². The van der Waals surface area contributed by atoms with Crippen LogP contribution in [0.25, 0.3) is 0 Å². The van der Waals surface area contributed by atoms with Crippen LogP contribution in [0.1, 0.15) is 42.1 Å². The van der Waals surface area contributed by atoms with Crippen LogP contribution in [0.5, 0.6) is 5.75 Å². The summed E-state index contributed by atoms with van der Waals surface area (Å²) in [7, 11) is 0. The maximum atomic E-state index is 13.3. The van der Waals surface area contributed by atoms with Crippen molar-refractivity contribution in [2.45, 2.75) is 62.4 Å². The first-order chi connectivity index (χ1) is 16.5. The minimum absolute atomic E-state index is 0.0812. The van der Waals surface area contributed by atoms with Crippen LogP contribution in [0.2, 0.25) is 5.02 Å². The molecule has 4 rings (SSSR count). The molecule has 1 heterocycles. The molecule has 1 aliphatic heterocycles. The van der Waals surface area contributed by atoms with Crippen LogP contribution in [0.15, 0.2) is 42.5 Å². The molecule has 2 aliphatic rings. The highest BCUT2D eigenvalue weighted by Gasteiger charge is 2.58. The van der Waals surface area contributed by atoms with Gasteiger partial charge >= 0.3 is 6.18 Å². The lowest BCUT2D eigenvalue weighted by Crippen LogP contribution is -2.55. The summed E-state index contributed by atoms with van der Waals surface area (Å²) < 4.78 is 51.0. The molecule has 1 aliphatic carbocycles. The van der Waals surface area contributed by atoms with Gasteiger partial charge in [-0.05, 0) is 54.2 Å². The zero-order valence-corrected chi connectivity index (χ0v) is 19.5. The van der Waals surface area contributed by atoms with Crippen molar-refractivity contribution in [3.63, 3.8) is 0 Å². The van der Waals surface area contributed by atoms with Crippen molar-refractivity contribution in [3.05, 3.63) is 64.2 Å². The van der Waals surface area contributed by atoms with Gasteiger partial charge < -0.3 is 29.9 Å². The largest absolute Gasteiger partial charge is 0.493 e. The Labute approximate surface area is 205 Å². The second-order valence-electron chi connectivity index (χ2n) is 9.34. The molecule has 192 valence electrons. The molecule has 5 atom stereocenters. The third kappa shape index (κ3) is 5.30. The summed E-state index contributed by atoms with van der Waals surface area (Å²) >= 11 is 6.36. The third-order valence-corrected chi connectivity index (χ3v) is 7.40. The number of alkyl halides is 3. The van der Waals surface area contributed by atoms with Crippen LogP contribution >= 0.6 is 11.6 Å². The van der Waals surface area contributed by atoms with Gasteiger partial charge in [0.2, 0.25) is 0 Å². The van der Waals surface area contributed by atoms with Crippen molar-refractivity contribution >= 4 is 11.6 Å². The van der Waals surface area contributed by atoms with Crippen molar-refractivity contribution in [3.8, 4) is 5.75 Å². The Hall–Kier alpha value is -1.88. The van der Waals surface area contributed by atoms with E-state index in [1.54, 1.807) is 42.5 Å². The molecule has 10 heteroatoms. The van der Waals surface area contributed by atoms with Gasteiger partial charge in [0.1, 0.15) is 42.9 Å². The number of hydrogen-bond acceptors (Lipinski definition) is 6. The fourth-order valence-corrected chi connectivity index (χ4v) is 4.73. The summed E-state index contributed by atoms with van der Waals surface area (Å²) in [5.41, 5.74) is 0.281. The molecule has 0 bridgehead atoms. The van der Waals surface area contributed by atoms with E-state index in [1.807, 2.05) is 0 Å². The van der Waals surface area contributed by atoms with Gasteiger partial charge in [-0.2, -0.15) is 13.2 Å². The van der Waals surface area contributed by atoms with Gasteiger partial charge in [0.15, 0.2) is 0 Å². The summed E-state index contributed by atoms with van der Waals surface area (Å²) in [6.45, 7) is -0.927. The first kappa shape index (κ1) is 26.2. The van der Waals surface area contributed by atoms with E-state index in [2.05, 4.69) is 0 Å². The van der Waals surface area contributed by atoms with Crippen LogP contribution in [-0.4, -0.2) is 64.2 Å². The van der Waals surface area contributed by atoms with E-state index in [1.165, 1.54) is 0 Å². The maximum absolute atomic E-state index is 13.3. The van der Waals surface area contributed by atoms with Gasteiger partial charge in [-0.15, -0.1) is 0 Å². The number of rotatable bonds is 7. The molecule has 1 saturated heterocycles. The molecular weight excluding hydrogens is 489 g/mol. The second-order valence-corrected chi connectivity index (χ2v) is 9.75. The summed E-state index contributed by atoms with van der Waals surface area (Å²) in [5, 5.41) is 40.4. The van der Waals surface area contributed by atoms with Crippen molar-refractivity contribution < 1.29 is 43.1 Å². The van der Waals surface area contributed by atoms with E-state index < -0.39 is 55.3 Å². The molecule has 0 aromatic heterocycles. The summed E-state index contributed by atoms with van der Waals surface area (Å²) in [5.74, 6) is 0.352. The monoisotopic (exact) mass is 516 g/mol. The average Bonchev–Trinajstić information content (AvgIpc) is 2.79. The molecule has 1 saturated carbocycles. The van der Waals surface area contributed by atoms with Gasteiger partial charge in [-0.25, -0.2) is 0 Å². The molecule has 2 fully saturated rings. The van der Waals surface area contributed by atoms with E-state index in [-0.39, 0.29) is 12.8 Å². The summed E-state index contributed by atoms with van der Waals surface area (Å²) in [6, 6.07) is 11.7. The number of aliphatic hydroxyl groups is 4. The van der Waals surface area contributed by atoms with E-state index in [0.29, 0.717) is 34.7 Å². The Morgan fingerprint density at radius 1 is 1.00 bits per heavy atom. The fourth-order valence-electron chi connectivity index (χ4n) is 4.54. The lowest BCUT2D eigenvalue weighted by Gasteiger charge is -2.42. The molecule has 0 unspecified atom stereocenters. The first-order valence-corrected chi connectivity index (χ1v) is 11.8. The van der Waals surface area contributed by atoms with Crippen LogP contribution in [0, 0.1) is 5.41 Å². The molecule has 0 radical (unpaired) electrons. The van der Waals surface area contributed by atoms with Gasteiger partial charge in [0, 0.05) is 5.02 Å². The highest BCUT2D eigenvalue weighted by atomic mass is 35.5. The normalized spacial score (nSPS) is 28.4. The lowest BCUT2D eigenvalue weighted by atomic mass is 9.69. The number of hydrogen-bond donors (Lipinski definition) is 4. The Morgan fingerprint density at radius 2 is 1.69 bits per heavy atom. The molecule has 2 aromatic rings.